The van der Waals surface area contributed by atoms with Crippen molar-refractivity contribution in [2.24, 2.45) is 4.99 Å². The van der Waals surface area contributed by atoms with Gasteiger partial charge in [-0.05, 0) is 29.8 Å². The molecule has 1 amide bonds. The SMILES string of the molecule is COc1ccc(C=NC(=O)O)cc1. The predicted octanol–water partition coefficient (Wildman–Crippen LogP) is 1.79. The maximum absolute atomic E-state index is 10.1. The molecule has 0 fully saturated rings. The molecule has 0 saturated carbocycles. The normalized spacial score (nSPS) is 10.2. The van der Waals surface area contributed by atoms with Crippen molar-refractivity contribution in [2.45, 2.75) is 0 Å². The highest BCUT2D eigenvalue weighted by Gasteiger charge is 1.91. The standard InChI is InChI=1S/C9H9NO3/c1-13-8-4-2-7(3-5-8)6-10-9(11)12/h2-6H,1H3,(H,11,12). The third kappa shape index (κ3) is 2.94. The largest absolute Gasteiger partial charge is 0.497 e. The molecule has 0 spiro atoms. The molecule has 0 saturated heterocycles. The summed E-state index contributed by atoms with van der Waals surface area (Å²) in [5, 5.41) is 8.25. The topological polar surface area (TPSA) is 58.9 Å². The van der Waals surface area contributed by atoms with Crippen LogP contribution in [0, 0.1) is 0 Å². The Hall–Kier alpha value is -1.84. The first kappa shape index (κ1) is 9.25. The Morgan fingerprint density at radius 3 is 2.54 bits per heavy atom. The van der Waals surface area contributed by atoms with E-state index in [-0.39, 0.29) is 0 Å². The lowest BCUT2D eigenvalue weighted by atomic mass is 10.2. The van der Waals surface area contributed by atoms with Crippen LogP contribution in [0.5, 0.6) is 5.75 Å². The molecule has 1 N–H and O–H groups in total. The van der Waals surface area contributed by atoms with Gasteiger partial charge in [0, 0.05) is 6.21 Å². The fraction of sp³-hybridized carbons (Fsp3) is 0.111. The van der Waals surface area contributed by atoms with E-state index in [9.17, 15) is 4.79 Å². The molecule has 0 aliphatic carbocycles. The van der Waals surface area contributed by atoms with Crippen LogP contribution in [0.1, 0.15) is 5.56 Å². The summed E-state index contributed by atoms with van der Waals surface area (Å²) in [5.41, 5.74) is 0.725. The second kappa shape index (κ2) is 4.25. The minimum absolute atomic E-state index is 0.725. The number of methoxy groups -OCH3 is 1. The number of hydrogen-bond donors (Lipinski definition) is 1. The number of nitrogens with zero attached hydrogens (tertiary/aromatic N) is 1. The summed E-state index contributed by atoms with van der Waals surface area (Å²) < 4.78 is 4.93. The Morgan fingerprint density at radius 2 is 2.08 bits per heavy atom. The van der Waals surface area contributed by atoms with Crippen molar-refractivity contribution in [3.8, 4) is 5.75 Å². The molecule has 13 heavy (non-hydrogen) atoms. The van der Waals surface area contributed by atoms with Crippen LogP contribution in [0.15, 0.2) is 29.3 Å². The Morgan fingerprint density at radius 1 is 1.46 bits per heavy atom. The molecular weight excluding hydrogens is 170 g/mol. The second-order valence-corrected chi connectivity index (χ2v) is 2.31. The molecule has 0 aliphatic rings. The Bertz CT molecular complexity index is 316. The van der Waals surface area contributed by atoms with Crippen molar-refractivity contribution in [3.63, 3.8) is 0 Å². The van der Waals surface area contributed by atoms with Crippen LogP contribution in [-0.4, -0.2) is 24.5 Å². The van der Waals surface area contributed by atoms with Crippen molar-refractivity contribution in [3.05, 3.63) is 29.8 Å². The molecule has 1 rings (SSSR count). The average Bonchev–Trinajstić information content (AvgIpc) is 2.15. The van der Waals surface area contributed by atoms with Gasteiger partial charge in [0.15, 0.2) is 0 Å². The molecule has 0 radical (unpaired) electrons. The molecule has 1 aromatic carbocycles. The van der Waals surface area contributed by atoms with Gasteiger partial charge in [-0.25, -0.2) is 4.79 Å². The van der Waals surface area contributed by atoms with E-state index < -0.39 is 6.09 Å². The highest BCUT2D eigenvalue weighted by atomic mass is 16.5. The van der Waals surface area contributed by atoms with Crippen LogP contribution < -0.4 is 4.74 Å². The number of carboxylic acid groups (broad SMARTS) is 1. The number of ether oxygens (including phenoxy) is 1. The zero-order valence-corrected chi connectivity index (χ0v) is 7.10. The summed E-state index contributed by atoms with van der Waals surface area (Å²) in [6, 6.07) is 6.93. The van der Waals surface area contributed by atoms with E-state index in [1.165, 1.54) is 6.21 Å². The Labute approximate surface area is 75.5 Å². The van der Waals surface area contributed by atoms with Gasteiger partial charge < -0.3 is 9.84 Å². The van der Waals surface area contributed by atoms with Gasteiger partial charge >= 0.3 is 6.09 Å². The van der Waals surface area contributed by atoms with Crippen molar-refractivity contribution < 1.29 is 14.6 Å². The van der Waals surface area contributed by atoms with Crippen molar-refractivity contribution in [1.82, 2.24) is 0 Å². The fourth-order valence-corrected chi connectivity index (χ4v) is 0.820. The molecule has 0 unspecified atom stereocenters. The minimum atomic E-state index is -1.20. The summed E-state index contributed by atoms with van der Waals surface area (Å²) >= 11 is 0. The fourth-order valence-electron chi connectivity index (χ4n) is 0.820. The maximum atomic E-state index is 10.1. The molecule has 4 heteroatoms. The van der Waals surface area contributed by atoms with Crippen LogP contribution >= 0.6 is 0 Å². The van der Waals surface area contributed by atoms with E-state index in [1.807, 2.05) is 0 Å². The molecule has 0 heterocycles. The van der Waals surface area contributed by atoms with Gasteiger partial charge in [-0.1, -0.05) is 0 Å². The van der Waals surface area contributed by atoms with Crippen LogP contribution in [0.2, 0.25) is 0 Å². The molecule has 4 nitrogen and oxygen atoms in total. The van der Waals surface area contributed by atoms with Gasteiger partial charge in [-0.3, -0.25) is 0 Å². The van der Waals surface area contributed by atoms with Gasteiger partial charge in [-0.2, -0.15) is 4.99 Å². The van der Waals surface area contributed by atoms with E-state index in [0.717, 1.165) is 11.3 Å². The van der Waals surface area contributed by atoms with Crippen LogP contribution in [0.25, 0.3) is 0 Å². The molecule has 0 aromatic heterocycles. The summed E-state index contributed by atoms with van der Waals surface area (Å²) in [4.78, 5) is 13.3. The third-order valence-electron chi connectivity index (χ3n) is 1.44. The summed E-state index contributed by atoms with van der Waals surface area (Å²) in [6.45, 7) is 0. The zero-order valence-electron chi connectivity index (χ0n) is 7.10. The van der Waals surface area contributed by atoms with Gasteiger partial charge in [0.2, 0.25) is 0 Å². The summed E-state index contributed by atoms with van der Waals surface area (Å²) in [7, 11) is 1.57. The van der Waals surface area contributed by atoms with Gasteiger partial charge in [0.25, 0.3) is 0 Å². The van der Waals surface area contributed by atoms with Gasteiger partial charge in [-0.15, -0.1) is 0 Å². The van der Waals surface area contributed by atoms with Crippen LogP contribution in [-0.2, 0) is 0 Å². The van der Waals surface area contributed by atoms with E-state index in [0.29, 0.717) is 0 Å². The first-order valence-electron chi connectivity index (χ1n) is 3.63. The average molecular weight is 179 g/mol. The number of carbonyl (C=O) groups is 1. The molecule has 1 aromatic rings. The quantitative estimate of drug-likeness (QED) is 0.704. The highest BCUT2D eigenvalue weighted by molar-refractivity contribution is 5.88. The monoisotopic (exact) mass is 179 g/mol. The van der Waals surface area contributed by atoms with E-state index in [2.05, 4.69) is 4.99 Å². The van der Waals surface area contributed by atoms with Crippen molar-refractivity contribution in [1.29, 1.82) is 0 Å². The number of amides is 1. The van der Waals surface area contributed by atoms with Crippen molar-refractivity contribution in [2.75, 3.05) is 7.11 Å². The molecule has 0 bridgehead atoms. The molecular formula is C9H9NO3. The van der Waals surface area contributed by atoms with E-state index in [1.54, 1.807) is 31.4 Å². The number of aliphatic imine (C=N–C) groups is 1. The Kier molecular flexibility index (Phi) is 3.03. The van der Waals surface area contributed by atoms with E-state index >= 15 is 0 Å². The number of benzene rings is 1. The third-order valence-corrected chi connectivity index (χ3v) is 1.44. The van der Waals surface area contributed by atoms with Crippen LogP contribution in [0.4, 0.5) is 4.79 Å². The minimum Gasteiger partial charge on any atom is -0.497 e. The lowest BCUT2D eigenvalue weighted by molar-refractivity contribution is 0.206. The highest BCUT2D eigenvalue weighted by Crippen LogP contribution is 2.09. The number of rotatable bonds is 2. The first-order chi connectivity index (χ1) is 6.22. The lowest BCUT2D eigenvalue weighted by Crippen LogP contribution is -1.88. The smallest absolute Gasteiger partial charge is 0.431 e. The van der Waals surface area contributed by atoms with Gasteiger partial charge in [0.05, 0.1) is 7.11 Å². The first-order valence-corrected chi connectivity index (χ1v) is 3.63. The second-order valence-electron chi connectivity index (χ2n) is 2.31. The van der Waals surface area contributed by atoms with Gasteiger partial charge in [0.1, 0.15) is 5.75 Å². The lowest BCUT2D eigenvalue weighted by Gasteiger charge is -1.97. The van der Waals surface area contributed by atoms with E-state index in [4.69, 9.17) is 9.84 Å². The Balaban J connectivity index is 2.75. The maximum Gasteiger partial charge on any atom is 0.431 e. The zero-order chi connectivity index (χ0) is 9.68. The molecule has 0 atom stereocenters. The predicted molar refractivity (Wildman–Crippen MR) is 48.6 cm³/mol. The van der Waals surface area contributed by atoms with Crippen LogP contribution in [0.3, 0.4) is 0 Å². The molecule has 0 aliphatic heterocycles. The van der Waals surface area contributed by atoms with Crippen molar-refractivity contribution >= 4 is 12.3 Å². The molecule has 68 valence electrons. The summed E-state index contributed by atoms with van der Waals surface area (Å²) in [5.74, 6) is 0.729. The summed E-state index contributed by atoms with van der Waals surface area (Å²) in [6.07, 6.45) is 0.0812. The number of hydrogen-bond acceptors (Lipinski definition) is 2.